The van der Waals surface area contributed by atoms with Gasteiger partial charge in [0.25, 0.3) is 0 Å². The summed E-state index contributed by atoms with van der Waals surface area (Å²) in [5.41, 5.74) is 3.97. The molecule has 0 heterocycles. The molecule has 2 nitrogen and oxygen atoms in total. The van der Waals surface area contributed by atoms with Gasteiger partial charge >= 0.3 is 0 Å². The lowest BCUT2D eigenvalue weighted by Gasteiger charge is -2.06. The average Bonchev–Trinajstić information content (AvgIpc) is 2.11. The van der Waals surface area contributed by atoms with Gasteiger partial charge in [-0.05, 0) is 6.92 Å². The lowest BCUT2D eigenvalue weighted by Crippen LogP contribution is -2.27. The molecule has 1 aliphatic rings. The van der Waals surface area contributed by atoms with Crippen LogP contribution in [0.2, 0.25) is 0 Å². The Morgan fingerprint density at radius 2 is 1.55 bits per heavy atom. The Morgan fingerprint density at radius 3 is 1.55 bits per heavy atom. The first-order valence-corrected chi connectivity index (χ1v) is 4.13. The first kappa shape index (κ1) is 9.14. The fraction of sp³-hybridized carbons (Fsp3) is 0.857. The van der Waals surface area contributed by atoms with Gasteiger partial charge in [-0.2, -0.15) is 0 Å². The van der Waals surface area contributed by atoms with Crippen molar-refractivity contribution in [1.82, 2.24) is 0 Å². The Morgan fingerprint density at radius 1 is 1.27 bits per heavy atom. The molecule has 1 amide bonds. The molecule has 2 N–H and O–H groups in total. The fourth-order valence-corrected chi connectivity index (χ4v) is 2.38. The molecule has 0 aromatic carbocycles. The summed E-state index contributed by atoms with van der Waals surface area (Å²) in [5.74, 6) is -0.437. The molecule has 0 aromatic rings. The molecule has 1 atom stereocenters. The number of carbonyl (C=O) groups is 1. The maximum atomic E-state index is 11.0. The van der Waals surface area contributed by atoms with Crippen LogP contribution in [0.1, 0.15) is 20.8 Å². The summed E-state index contributed by atoms with van der Waals surface area (Å²) in [4.78, 5) is 11.0. The minimum atomic E-state index is -1.01. The monoisotopic (exact) mass is 195 g/mol. The van der Waals surface area contributed by atoms with Crippen molar-refractivity contribution < 1.29 is 4.79 Å². The standard InChI is InChI=1S/C7H11Cl2NO/c1-5(2)6(3,4(10)11)7(5,8)9/h1-3H3,(H2,10,11). The van der Waals surface area contributed by atoms with Gasteiger partial charge in [0, 0.05) is 5.41 Å². The number of primary amides is 1. The smallest absolute Gasteiger partial charge is 0.227 e. The summed E-state index contributed by atoms with van der Waals surface area (Å²) in [7, 11) is 0. The van der Waals surface area contributed by atoms with E-state index in [-0.39, 0.29) is 0 Å². The second-order valence-corrected chi connectivity index (χ2v) is 5.02. The van der Waals surface area contributed by atoms with Crippen LogP contribution in [0.25, 0.3) is 0 Å². The SMILES string of the molecule is CC1(C)C(Cl)(Cl)C1(C)C(N)=O. The third kappa shape index (κ3) is 0.676. The minimum Gasteiger partial charge on any atom is -0.369 e. The van der Waals surface area contributed by atoms with E-state index in [0.29, 0.717) is 0 Å². The highest BCUT2D eigenvalue weighted by atomic mass is 35.5. The molecule has 1 aliphatic carbocycles. The van der Waals surface area contributed by atoms with Gasteiger partial charge < -0.3 is 5.73 Å². The molecule has 1 unspecified atom stereocenters. The number of amides is 1. The van der Waals surface area contributed by atoms with Crippen LogP contribution in [-0.4, -0.2) is 10.2 Å². The predicted octanol–water partition coefficient (Wildman–Crippen LogP) is 1.69. The Balaban J connectivity index is 3.06. The lowest BCUT2D eigenvalue weighted by atomic mass is 9.98. The molecule has 11 heavy (non-hydrogen) atoms. The van der Waals surface area contributed by atoms with Crippen LogP contribution in [0, 0.1) is 10.8 Å². The number of rotatable bonds is 1. The number of nitrogens with two attached hydrogens (primary N) is 1. The molecule has 0 radical (unpaired) electrons. The summed E-state index contributed by atoms with van der Waals surface area (Å²) < 4.78 is -1.01. The highest BCUT2D eigenvalue weighted by molar-refractivity contribution is 6.54. The van der Waals surface area contributed by atoms with E-state index in [0.717, 1.165) is 0 Å². The van der Waals surface area contributed by atoms with E-state index >= 15 is 0 Å². The maximum Gasteiger partial charge on any atom is 0.227 e. The Labute approximate surface area is 76.0 Å². The van der Waals surface area contributed by atoms with Gasteiger partial charge in [-0.15, -0.1) is 0 Å². The largest absolute Gasteiger partial charge is 0.369 e. The second kappa shape index (κ2) is 1.86. The fourth-order valence-electron chi connectivity index (χ4n) is 1.43. The summed E-state index contributed by atoms with van der Waals surface area (Å²) >= 11 is 11.8. The molecule has 0 aliphatic heterocycles. The number of hydrogen-bond acceptors (Lipinski definition) is 1. The third-order valence-corrected chi connectivity index (χ3v) is 4.79. The normalized spacial score (nSPS) is 38.3. The molecule has 0 bridgehead atoms. The Kier molecular flexibility index (Phi) is 1.54. The van der Waals surface area contributed by atoms with Crippen molar-refractivity contribution >= 4 is 29.1 Å². The van der Waals surface area contributed by atoms with Crippen molar-refractivity contribution in [1.29, 1.82) is 0 Å². The minimum absolute atomic E-state index is 0.422. The van der Waals surface area contributed by atoms with Crippen molar-refractivity contribution in [2.75, 3.05) is 0 Å². The summed E-state index contributed by atoms with van der Waals surface area (Å²) in [6.07, 6.45) is 0. The Bertz CT molecular complexity index is 208. The molecule has 0 spiro atoms. The van der Waals surface area contributed by atoms with Crippen LogP contribution in [0.3, 0.4) is 0 Å². The van der Waals surface area contributed by atoms with E-state index in [9.17, 15) is 4.79 Å². The van der Waals surface area contributed by atoms with E-state index in [1.54, 1.807) is 6.92 Å². The molecular formula is C7H11Cl2NO. The summed E-state index contributed by atoms with van der Waals surface area (Å²) in [6, 6.07) is 0. The van der Waals surface area contributed by atoms with Crippen molar-refractivity contribution in [3.05, 3.63) is 0 Å². The second-order valence-electron chi connectivity index (χ2n) is 3.69. The van der Waals surface area contributed by atoms with Crippen molar-refractivity contribution in [3.63, 3.8) is 0 Å². The van der Waals surface area contributed by atoms with Gasteiger partial charge in [0.2, 0.25) is 5.91 Å². The van der Waals surface area contributed by atoms with E-state index in [2.05, 4.69) is 0 Å². The highest BCUT2D eigenvalue weighted by Gasteiger charge is 2.82. The molecular weight excluding hydrogens is 185 g/mol. The predicted molar refractivity (Wildman–Crippen MR) is 45.5 cm³/mol. The van der Waals surface area contributed by atoms with Crippen molar-refractivity contribution in [2.24, 2.45) is 16.6 Å². The molecule has 64 valence electrons. The van der Waals surface area contributed by atoms with Crippen LogP contribution < -0.4 is 5.73 Å². The van der Waals surface area contributed by atoms with Crippen LogP contribution in [0.4, 0.5) is 0 Å². The molecule has 4 heteroatoms. The van der Waals surface area contributed by atoms with Crippen LogP contribution in [0.15, 0.2) is 0 Å². The highest BCUT2D eigenvalue weighted by Crippen LogP contribution is 2.77. The van der Waals surface area contributed by atoms with Crippen LogP contribution in [0.5, 0.6) is 0 Å². The third-order valence-electron chi connectivity index (χ3n) is 3.09. The Hall–Kier alpha value is 0.0500. The van der Waals surface area contributed by atoms with Gasteiger partial charge in [0.05, 0.1) is 5.41 Å². The van der Waals surface area contributed by atoms with E-state index in [1.807, 2.05) is 13.8 Å². The number of alkyl halides is 2. The average molecular weight is 196 g/mol. The molecule has 0 aromatic heterocycles. The van der Waals surface area contributed by atoms with Gasteiger partial charge in [0.1, 0.15) is 4.33 Å². The number of hydrogen-bond donors (Lipinski definition) is 1. The van der Waals surface area contributed by atoms with Gasteiger partial charge in [0.15, 0.2) is 0 Å². The van der Waals surface area contributed by atoms with E-state index in [4.69, 9.17) is 28.9 Å². The zero-order chi connectivity index (χ0) is 9.08. The first-order valence-electron chi connectivity index (χ1n) is 3.37. The zero-order valence-corrected chi connectivity index (χ0v) is 8.25. The van der Waals surface area contributed by atoms with Gasteiger partial charge in [-0.25, -0.2) is 0 Å². The van der Waals surface area contributed by atoms with E-state index < -0.39 is 21.1 Å². The zero-order valence-electron chi connectivity index (χ0n) is 6.74. The first-order chi connectivity index (χ1) is 4.69. The molecule has 1 saturated carbocycles. The van der Waals surface area contributed by atoms with E-state index in [1.165, 1.54) is 0 Å². The van der Waals surface area contributed by atoms with Crippen molar-refractivity contribution in [2.45, 2.75) is 25.1 Å². The van der Waals surface area contributed by atoms with Crippen LogP contribution in [-0.2, 0) is 4.79 Å². The lowest BCUT2D eigenvalue weighted by molar-refractivity contribution is -0.123. The summed E-state index contributed by atoms with van der Waals surface area (Å²) in [6.45, 7) is 5.35. The van der Waals surface area contributed by atoms with Gasteiger partial charge in [-0.1, -0.05) is 37.0 Å². The van der Waals surface area contributed by atoms with Crippen molar-refractivity contribution in [3.8, 4) is 0 Å². The number of carbonyl (C=O) groups excluding carboxylic acids is 1. The molecule has 1 rings (SSSR count). The maximum absolute atomic E-state index is 11.0. The number of halogens is 2. The topological polar surface area (TPSA) is 43.1 Å². The van der Waals surface area contributed by atoms with Gasteiger partial charge in [-0.3, -0.25) is 4.79 Å². The molecule has 1 fully saturated rings. The quantitative estimate of drug-likeness (QED) is 0.637. The summed E-state index contributed by atoms with van der Waals surface area (Å²) in [5, 5.41) is 0. The van der Waals surface area contributed by atoms with Crippen LogP contribution >= 0.6 is 23.2 Å². The molecule has 0 saturated heterocycles.